The van der Waals surface area contributed by atoms with Crippen LogP contribution in [0.3, 0.4) is 0 Å². The van der Waals surface area contributed by atoms with Crippen LogP contribution in [0.2, 0.25) is 0 Å². The molecule has 1 aliphatic heterocycles. The average molecular weight is 461 g/mol. The molecule has 33 heavy (non-hydrogen) atoms. The first-order chi connectivity index (χ1) is 16.1. The molecule has 0 spiro atoms. The molecule has 0 saturated carbocycles. The number of likely N-dealkylation sites (N-methyl/N-ethyl adjacent to an activating group) is 1. The van der Waals surface area contributed by atoms with Crippen LogP contribution in [0.25, 0.3) is 22.4 Å². The number of amides is 1. The van der Waals surface area contributed by atoms with E-state index < -0.39 is 0 Å². The van der Waals surface area contributed by atoms with Crippen LogP contribution in [0, 0.1) is 0 Å². The molecule has 1 aliphatic rings. The number of para-hydroxylation sites is 1. The number of nitrogens with one attached hydrogen (secondary N) is 2. The first-order valence-corrected chi connectivity index (χ1v) is 12.3. The van der Waals surface area contributed by atoms with E-state index in [0.717, 1.165) is 55.9 Å². The molecule has 0 bridgehead atoms. The van der Waals surface area contributed by atoms with Crippen LogP contribution in [0.5, 0.6) is 0 Å². The lowest BCUT2D eigenvalue weighted by atomic mass is 10.0. The molecule has 1 amide bonds. The van der Waals surface area contributed by atoms with E-state index in [1.165, 1.54) is 22.6 Å². The Morgan fingerprint density at radius 1 is 1.18 bits per heavy atom. The summed E-state index contributed by atoms with van der Waals surface area (Å²) in [7, 11) is 2.17. The van der Waals surface area contributed by atoms with Crippen molar-refractivity contribution in [3.63, 3.8) is 0 Å². The number of aromatic amines is 1. The van der Waals surface area contributed by atoms with Gasteiger partial charge >= 0.3 is 0 Å². The van der Waals surface area contributed by atoms with Gasteiger partial charge in [0.2, 0.25) is 0 Å². The number of piperazine rings is 1. The average Bonchev–Trinajstić information content (AvgIpc) is 3.49. The summed E-state index contributed by atoms with van der Waals surface area (Å²) < 4.78 is 0. The van der Waals surface area contributed by atoms with Crippen molar-refractivity contribution >= 4 is 39.1 Å². The fourth-order valence-electron chi connectivity index (χ4n) is 4.33. The number of carbonyl (C=O) groups excluding carboxylic acids is 1. The molecule has 2 N–H and O–H groups in total. The predicted molar refractivity (Wildman–Crippen MR) is 135 cm³/mol. The molecule has 0 unspecified atom stereocenters. The van der Waals surface area contributed by atoms with E-state index in [0.29, 0.717) is 16.2 Å². The maximum Gasteiger partial charge on any atom is 0.259 e. The molecule has 2 aromatic heterocycles. The van der Waals surface area contributed by atoms with Gasteiger partial charge in [-0.15, -0.1) is 11.3 Å². The largest absolute Gasteiger partial charge is 0.369 e. The van der Waals surface area contributed by atoms with E-state index in [2.05, 4.69) is 57.3 Å². The highest BCUT2D eigenvalue weighted by atomic mass is 32.1. The number of aryl methyl sites for hydroxylation is 1. The fourth-order valence-corrected chi connectivity index (χ4v) is 4.85. The Hall–Kier alpha value is -3.23. The summed E-state index contributed by atoms with van der Waals surface area (Å²) in [6.45, 7) is 6.36. The summed E-state index contributed by atoms with van der Waals surface area (Å²) in [6, 6.07) is 12.4. The van der Waals surface area contributed by atoms with Crippen LogP contribution in [0.15, 0.2) is 48.0 Å². The topological polar surface area (TPSA) is 77.2 Å². The number of H-pyrrole nitrogens is 1. The number of thiazole rings is 1. The van der Waals surface area contributed by atoms with Crippen LogP contribution in [0.4, 0.5) is 10.8 Å². The number of nitrogens with zero attached hydrogens (tertiary/aromatic N) is 4. The van der Waals surface area contributed by atoms with Crippen LogP contribution in [-0.4, -0.2) is 59.0 Å². The first kappa shape index (κ1) is 21.6. The smallest absolute Gasteiger partial charge is 0.259 e. The molecule has 7 nitrogen and oxygen atoms in total. The van der Waals surface area contributed by atoms with Crippen LogP contribution in [-0.2, 0) is 6.42 Å². The number of hydrogen-bond donors (Lipinski definition) is 2. The third kappa shape index (κ3) is 4.49. The van der Waals surface area contributed by atoms with E-state index in [4.69, 9.17) is 4.98 Å². The highest BCUT2D eigenvalue weighted by molar-refractivity contribution is 7.13. The molecule has 3 heterocycles. The zero-order valence-corrected chi connectivity index (χ0v) is 19.8. The molecule has 1 saturated heterocycles. The first-order valence-electron chi connectivity index (χ1n) is 11.4. The Labute approximate surface area is 197 Å². The quantitative estimate of drug-likeness (QED) is 0.438. The standard InChI is InChI=1S/C25H28N6OS/c1-3-5-17-8-9-18(31-13-11-30(2)12-14-31)16-20(17)23-27-21-7-4-6-19(22(21)28-23)24(32)29-25-26-10-15-33-25/h4,6-10,15-16H,3,5,11-14H2,1-2H3,(H,27,28)(H,26,29,32). The number of aromatic nitrogens is 3. The van der Waals surface area contributed by atoms with Gasteiger partial charge in [0.15, 0.2) is 5.13 Å². The highest BCUT2D eigenvalue weighted by Crippen LogP contribution is 2.31. The van der Waals surface area contributed by atoms with Crippen LogP contribution >= 0.6 is 11.3 Å². The lowest BCUT2D eigenvalue weighted by Crippen LogP contribution is -2.44. The van der Waals surface area contributed by atoms with Crippen molar-refractivity contribution in [2.45, 2.75) is 19.8 Å². The van der Waals surface area contributed by atoms with E-state index >= 15 is 0 Å². The lowest BCUT2D eigenvalue weighted by Gasteiger charge is -2.34. The number of fused-ring (bicyclic) bond motifs is 1. The van der Waals surface area contributed by atoms with Gasteiger partial charge in [-0.1, -0.05) is 25.5 Å². The van der Waals surface area contributed by atoms with Gasteiger partial charge in [0, 0.05) is 49.0 Å². The van der Waals surface area contributed by atoms with E-state index in [9.17, 15) is 4.79 Å². The monoisotopic (exact) mass is 460 g/mol. The summed E-state index contributed by atoms with van der Waals surface area (Å²) in [5.74, 6) is 0.604. The van der Waals surface area contributed by atoms with Gasteiger partial charge in [-0.25, -0.2) is 9.97 Å². The summed E-state index contributed by atoms with van der Waals surface area (Å²) in [5.41, 5.74) is 5.66. The summed E-state index contributed by atoms with van der Waals surface area (Å²) >= 11 is 1.40. The number of anilines is 2. The molecule has 2 aromatic carbocycles. The lowest BCUT2D eigenvalue weighted by molar-refractivity contribution is 0.102. The predicted octanol–water partition coefficient (Wildman–Crippen LogP) is 4.64. The molecule has 0 aliphatic carbocycles. The molecule has 8 heteroatoms. The molecule has 0 radical (unpaired) electrons. The zero-order chi connectivity index (χ0) is 22.8. The van der Waals surface area contributed by atoms with Crippen molar-refractivity contribution < 1.29 is 4.79 Å². The Morgan fingerprint density at radius 3 is 2.79 bits per heavy atom. The summed E-state index contributed by atoms with van der Waals surface area (Å²) in [5, 5.41) is 5.29. The van der Waals surface area contributed by atoms with E-state index in [1.807, 2.05) is 23.6 Å². The van der Waals surface area contributed by atoms with Gasteiger partial charge < -0.3 is 14.8 Å². The Balaban J connectivity index is 1.52. The SMILES string of the molecule is CCCc1ccc(N2CCN(C)CC2)cc1-c1nc2c(C(=O)Nc3nccs3)cccc2[nH]1. The van der Waals surface area contributed by atoms with Crippen LogP contribution in [0.1, 0.15) is 29.3 Å². The van der Waals surface area contributed by atoms with Crippen molar-refractivity contribution in [3.05, 3.63) is 59.1 Å². The van der Waals surface area contributed by atoms with E-state index in [-0.39, 0.29) is 5.91 Å². The second-order valence-electron chi connectivity index (χ2n) is 8.46. The maximum absolute atomic E-state index is 12.9. The second kappa shape index (κ2) is 9.33. The fraction of sp³-hybridized carbons (Fsp3) is 0.320. The third-order valence-corrected chi connectivity index (χ3v) is 6.83. The summed E-state index contributed by atoms with van der Waals surface area (Å²) in [4.78, 5) is 30.3. The van der Waals surface area contributed by atoms with Gasteiger partial charge in [0.25, 0.3) is 5.91 Å². The molecule has 5 rings (SSSR count). The molecular formula is C25H28N6OS. The van der Waals surface area contributed by atoms with Crippen molar-refractivity contribution in [3.8, 4) is 11.4 Å². The second-order valence-corrected chi connectivity index (χ2v) is 9.35. The normalized spacial score (nSPS) is 14.7. The molecule has 170 valence electrons. The van der Waals surface area contributed by atoms with Crippen molar-refractivity contribution in [2.24, 2.45) is 0 Å². The van der Waals surface area contributed by atoms with Crippen molar-refractivity contribution in [1.82, 2.24) is 19.9 Å². The molecule has 0 atom stereocenters. The number of benzene rings is 2. The Kier molecular flexibility index (Phi) is 6.11. The minimum absolute atomic E-state index is 0.200. The van der Waals surface area contributed by atoms with Crippen molar-refractivity contribution in [1.29, 1.82) is 0 Å². The minimum atomic E-state index is -0.200. The minimum Gasteiger partial charge on any atom is -0.369 e. The Morgan fingerprint density at radius 2 is 2.03 bits per heavy atom. The zero-order valence-electron chi connectivity index (χ0n) is 19.0. The summed E-state index contributed by atoms with van der Waals surface area (Å²) in [6.07, 6.45) is 3.71. The van der Waals surface area contributed by atoms with Crippen LogP contribution < -0.4 is 10.2 Å². The number of rotatable bonds is 6. The van der Waals surface area contributed by atoms with Gasteiger partial charge in [-0.3, -0.25) is 10.1 Å². The van der Waals surface area contributed by atoms with Gasteiger partial charge in [0.1, 0.15) is 11.3 Å². The van der Waals surface area contributed by atoms with Gasteiger partial charge in [-0.2, -0.15) is 0 Å². The third-order valence-electron chi connectivity index (χ3n) is 6.15. The molecular weight excluding hydrogens is 432 g/mol. The Bertz CT molecular complexity index is 1260. The number of carbonyl (C=O) groups is 1. The molecule has 4 aromatic rings. The van der Waals surface area contributed by atoms with E-state index in [1.54, 1.807) is 6.20 Å². The van der Waals surface area contributed by atoms with Crippen molar-refractivity contribution in [2.75, 3.05) is 43.4 Å². The number of hydrogen-bond acceptors (Lipinski definition) is 6. The maximum atomic E-state index is 12.9. The highest BCUT2D eigenvalue weighted by Gasteiger charge is 2.19. The number of imidazole rings is 1. The van der Waals surface area contributed by atoms with Gasteiger partial charge in [0.05, 0.1) is 11.1 Å². The van der Waals surface area contributed by atoms with Gasteiger partial charge in [-0.05, 0) is 43.3 Å². The molecule has 1 fully saturated rings.